The number of amides is 1. The molecule has 3 saturated heterocycles. The SMILES string of the molecule is CN1CC[C@H](S(=O)(=O)N2CCN(c3cnc(OCC4CCN(C(=O)O)C(C5(C)CC5)C4)cn3)CC2)C1. The maximum Gasteiger partial charge on any atom is 0.407 e. The molecule has 4 fully saturated rings. The summed E-state index contributed by atoms with van der Waals surface area (Å²) in [6, 6.07) is 0.0582. The molecule has 1 amide bonds. The first-order valence-corrected chi connectivity index (χ1v) is 14.5. The van der Waals surface area contributed by atoms with Crippen LogP contribution in [-0.2, 0) is 10.0 Å². The van der Waals surface area contributed by atoms with E-state index in [1.165, 1.54) is 0 Å². The highest BCUT2D eigenvalue weighted by Gasteiger charge is 2.50. The van der Waals surface area contributed by atoms with Crippen molar-refractivity contribution in [2.24, 2.45) is 11.3 Å². The van der Waals surface area contributed by atoms with Crippen molar-refractivity contribution in [3.8, 4) is 5.88 Å². The Labute approximate surface area is 213 Å². The zero-order valence-electron chi connectivity index (χ0n) is 21.3. The molecule has 5 rings (SSSR count). The Hall–Kier alpha value is -2.18. The first-order chi connectivity index (χ1) is 17.2. The van der Waals surface area contributed by atoms with Gasteiger partial charge in [0, 0.05) is 45.3 Å². The summed E-state index contributed by atoms with van der Waals surface area (Å²) >= 11 is 0. The molecule has 1 saturated carbocycles. The molecule has 0 bridgehead atoms. The number of piperazine rings is 1. The molecule has 1 aromatic heterocycles. The number of carbonyl (C=O) groups is 1. The van der Waals surface area contributed by atoms with E-state index in [0.717, 1.165) is 38.0 Å². The molecule has 0 radical (unpaired) electrons. The number of sulfonamides is 1. The summed E-state index contributed by atoms with van der Waals surface area (Å²) in [5, 5.41) is 9.28. The van der Waals surface area contributed by atoms with Gasteiger partial charge in [0.2, 0.25) is 15.9 Å². The second-order valence-corrected chi connectivity index (χ2v) is 13.4. The van der Waals surface area contributed by atoms with Crippen LogP contribution in [0.2, 0.25) is 0 Å². The summed E-state index contributed by atoms with van der Waals surface area (Å²) in [4.78, 5) is 26.4. The monoisotopic (exact) mass is 522 g/mol. The van der Waals surface area contributed by atoms with E-state index in [0.29, 0.717) is 64.1 Å². The number of hydrogen-bond acceptors (Lipinski definition) is 8. The fraction of sp³-hybridized carbons (Fsp3) is 0.792. The summed E-state index contributed by atoms with van der Waals surface area (Å²) in [7, 11) is -1.30. The third-order valence-corrected chi connectivity index (χ3v) is 10.9. The molecule has 4 aliphatic rings. The van der Waals surface area contributed by atoms with Gasteiger partial charge in [-0.05, 0) is 57.0 Å². The topological polar surface area (TPSA) is 119 Å². The van der Waals surface area contributed by atoms with Crippen molar-refractivity contribution in [2.75, 3.05) is 64.4 Å². The number of ether oxygens (including phenoxy) is 1. The lowest BCUT2D eigenvalue weighted by molar-refractivity contribution is 0.0483. The fourth-order valence-corrected chi connectivity index (χ4v) is 7.82. The van der Waals surface area contributed by atoms with Gasteiger partial charge in [-0.2, -0.15) is 4.31 Å². The van der Waals surface area contributed by atoms with Crippen molar-refractivity contribution < 1.29 is 23.1 Å². The summed E-state index contributed by atoms with van der Waals surface area (Å²) < 4.78 is 33.5. The average Bonchev–Trinajstić information content (AvgIpc) is 3.47. The minimum atomic E-state index is -3.27. The van der Waals surface area contributed by atoms with Crippen molar-refractivity contribution in [3.05, 3.63) is 12.4 Å². The second-order valence-electron chi connectivity index (χ2n) is 11.2. The lowest BCUT2D eigenvalue weighted by atomic mass is 9.83. The summed E-state index contributed by atoms with van der Waals surface area (Å²) in [6.45, 7) is 6.74. The molecular formula is C24H38N6O5S. The van der Waals surface area contributed by atoms with E-state index >= 15 is 0 Å². The van der Waals surface area contributed by atoms with Crippen LogP contribution in [0.1, 0.15) is 39.0 Å². The Bertz CT molecular complexity index is 1040. The Morgan fingerprint density at radius 1 is 1.11 bits per heavy atom. The summed E-state index contributed by atoms with van der Waals surface area (Å²) in [5.74, 6) is 1.47. The molecule has 1 N–H and O–H groups in total. The first-order valence-electron chi connectivity index (χ1n) is 13.0. The lowest BCUT2D eigenvalue weighted by Crippen LogP contribution is -2.51. The van der Waals surface area contributed by atoms with Gasteiger partial charge in [0.05, 0.1) is 24.3 Å². The molecule has 2 unspecified atom stereocenters. The molecule has 0 aromatic carbocycles. The van der Waals surface area contributed by atoms with E-state index in [9.17, 15) is 18.3 Å². The highest BCUT2D eigenvalue weighted by molar-refractivity contribution is 7.89. The maximum absolute atomic E-state index is 13.0. The van der Waals surface area contributed by atoms with Gasteiger partial charge in [0.1, 0.15) is 5.82 Å². The van der Waals surface area contributed by atoms with Gasteiger partial charge in [-0.3, -0.25) is 0 Å². The third-order valence-electron chi connectivity index (χ3n) is 8.57. The van der Waals surface area contributed by atoms with Gasteiger partial charge >= 0.3 is 6.09 Å². The molecular weight excluding hydrogens is 484 g/mol. The molecule has 11 nitrogen and oxygen atoms in total. The largest absolute Gasteiger partial charge is 0.476 e. The number of piperidine rings is 1. The summed E-state index contributed by atoms with van der Waals surface area (Å²) in [6.07, 6.45) is 6.96. The zero-order valence-corrected chi connectivity index (χ0v) is 22.1. The number of likely N-dealkylation sites (tertiary alicyclic amines) is 2. The zero-order chi connectivity index (χ0) is 25.5. The number of carboxylic acid groups (broad SMARTS) is 1. The number of anilines is 1. The van der Waals surface area contributed by atoms with Crippen molar-refractivity contribution in [3.63, 3.8) is 0 Å². The first kappa shape index (κ1) is 25.5. The molecule has 1 aromatic rings. The molecule has 3 atom stereocenters. The Kier molecular flexibility index (Phi) is 7.03. The molecule has 200 valence electrons. The van der Waals surface area contributed by atoms with Crippen LogP contribution in [0.5, 0.6) is 5.88 Å². The molecule has 4 heterocycles. The van der Waals surface area contributed by atoms with E-state index in [4.69, 9.17) is 4.74 Å². The van der Waals surface area contributed by atoms with E-state index in [1.807, 2.05) is 7.05 Å². The summed E-state index contributed by atoms with van der Waals surface area (Å²) in [5.41, 5.74) is 0.106. The number of rotatable bonds is 7. The van der Waals surface area contributed by atoms with E-state index in [-0.39, 0.29) is 16.7 Å². The minimum absolute atomic E-state index is 0.0582. The Balaban J connectivity index is 1.11. The quantitative estimate of drug-likeness (QED) is 0.569. The standard InChI is InChI=1S/C24H38N6O5S/c1-24(5-6-24)20-13-18(3-8-30(20)23(31)32)17-35-22-15-25-21(14-26-22)28-9-11-29(12-10-28)36(33,34)19-4-7-27(2)16-19/h14-15,18-20H,3-13,16-17H2,1-2H3,(H,31,32)/t18?,19-,20?/m0/s1. The van der Waals surface area contributed by atoms with Crippen LogP contribution in [0.4, 0.5) is 10.6 Å². The van der Waals surface area contributed by atoms with Crippen molar-refractivity contribution in [1.29, 1.82) is 0 Å². The maximum atomic E-state index is 13.0. The highest BCUT2D eigenvalue weighted by Crippen LogP contribution is 2.53. The fourth-order valence-electron chi connectivity index (χ4n) is 5.88. The third kappa shape index (κ3) is 5.26. The number of hydrogen-bond donors (Lipinski definition) is 1. The van der Waals surface area contributed by atoms with Gasteiger partial charge in [0.25, 0.3) is 0 Å². The molecule has 36 heavy (non-hydrogen) atoms. The molecule has 0 spiro atoms. The van der Waals surface area contributed by atoms with Gasteiger partial charge < -0.3 is 24.5 Å². The van der Waals surface area contributed by atoms with Crippen LogP contribution in [0.3, 0.4) is 0 Å². The van der Waals surface area contributed by atoms with Crippen molar-refractivity contribution in [1.82, 2.24) is 24.1 Å². The predicted molar refractivity (Wildman–Crippen MR) is 135 cm³/mol. The van der Waals surface area contributed by atoms with Gasteiger partial charge in [0.15, 0.2) is 0 Å². The van der Waals surface area contributed by atoms with Crippen LogP contribution in [0.15, 0.2) is 12.4 Å². The molecule has 12 heteroatoms. The van der Waals surface area contributed by atoms with Gasteiger partial charge in [-0.1, -0.05) is 6.92 Å². The van der Waals surface area contributed by atoms with Crippen LogP contribution in [0.25, 0.3) is 0 Å². The smallest absolute Gasteiger partial charge is 0.407 e. The normalized spacial score (nSPS) is 29.3. The van der Waals surface area contributed by atoms with Gasteiger partial charge in [-0.15, -0.1) is 0 Å². The predicted octanol–water partition coefficient (Wildman–Crippen LogP) is 1.57. The highest BCUT2D eigenvalue weighted by atomic mass is 32.2. The van der Waals surface area contributed by atoms with Crippen molar-refractivity contribution >= 4 is 21.9 Å². The number of nitrogens with zero attached hydrogens (tertiary/aromatic N) is 6. The lowest BCUT2D eigenvalue weighted by Gasteiger charge is -2.41. The Morgan fingerprint density at radius 2 is 1.86 bits per heavy atom. The van der Waals surface area contributed by atoms with E-state index in [1.54, 1.807) is 21.6 Å². The Morgan fingerprint density at radius 3 is 2.44 bits per heavy atom. The molecule has 1 aliphatic carbocycles. The average molecular weight is 523 g/mol. The minimum Gasteiger partial charge on any atom is -0.476 e. The second kappa shape index (κ2) is 9.94. The van der Waals surface area contributed by atoms with Gasteiger partial charge in [-0.25, -0.2) is 23.2 Å². The van der Waals surface area contributed by atoms with Crippen molar-refractivity contribution in [2.45, 2.75) is 50.3 Å². The van der Waals surface area contributed by atoms with E-state index in [2.05, 4.69) is 26.7 Å². The van der Waals surface area contributed by atoms with Crippen LogP contribution in [-0.4, -0.2) is 114 Å². The van der Waals surface area contributed by atoms with Crippen LogP contribution >= 0.6 is 0 Å². The van der Waals surface area contributed by atoms with Crippen LogP contribution in [0, 0.1) is 11.3 Å². The number of aromatic nitrogens is 2. The van der Waals surface area contributed by atoms with E-state index < -0.39 is 16.1 Å². The van der Waals surface area contributed by atoms with Crippen LogP contribution < -0.4 is 9.64 Å². The molecule has 3 aliphatic heterocycles.